The minimum atomic E-state index is -0.103. The Morgan fingerprint density at radius 2 is 2.28 bits per heavy atom. The van der Waals surface area contributed by atoms with Crippen molar-refractivity contribution >= 4 is 23.8 Å². The monoisotopic (exact) mass is 267 g/mol. The number of carbonyl (C=O) groups excluding carboxylic acids is 2. The van der Waals surface area contributed by atoms with Crippen molar-refractivity contribution in [2.24, 2.45) is 0 Å². The van der Waals surface area contributed by atoms with Gasteiger partial charge in [-0.15, -0.1) is 0 Å². The fourth-order valence-corrected chi connectivity index (χ4v) is 1.91. The van der Waals surface area contributed by atoms with E-state index in [2.05, 4.69) is 0 Å². The molecule has 0 bridgehead atoms. The lowest BCUT2D eigenvalue weighted by atomic mass is 10.2. The van der Waals surface area contributed by atoms with Crippen molar-refractivity contribution in [1.29, 1.82) is 0 Å². The number of likely N-dealkylation sites (N-methyl/N-ethyl adjacent to an activating group) is 1. The van der Waals surface area contributed by atoms with E-state index >= 15 is 0 Å². The summed E-state index contributed by atoms with van der Waals surface area (Å²) in [7, 11) is 1.76. The Labute approximate surface area is 110 Å². The van der Waals surface area contributed by atoms with Gasteiger partial charge in [-0.25, -0.2) is 0 Å². The predicted molar refractivity (Wildman–Crippen MR) is 68.1 cm³/mol. The fourth-order valence-electron chi connectivity index (χ4n) is 1.67. The van der Waals surface area contributed by atoms with Gasteiger partial charge in [0.2, 0.25) is 0 Å². The zero-order chi connectivity index (χ0) is 13.1. The summed E-state index contributed by atoms with van der Waals surface area (Å²) in [6, 6.07) is 5.23. The normalized spacial score (nSPS) is 14.1. The Morgan fingerprint density at radius 3 is 2.89 bits per heavy atom. The first-order valence-electron chi connectivity index (χ1n) is 5.75. The molecule has 5 heteroatoms. The number of amides is 1. The Hall–Kier alpha value is -1.55. The Kier molecular flexibility index (Phi) is 3.87. The molecule has 1 amide bonds. The van der Waals surface area contributed by atoms with Crippen LogP contribution in [0.2, 0.25) is 5.02 Å². The van der Waals surface area contributed by atoms with Gasteiger partial charge >= 0.3 is 0 Å². The molecule has 1 aromatic rings. The van der Waals surface area contributed by atoms with Crippen molar-refractivity contribution in [3.8, 4) is 5.75 Å². The van der Waals surface area contributed by atoms with Crippen molar-refractivity contribution in [2.45, 2.75) is 18.9 Å². The van der Waals surface area contributed by atoms with Gasteiger partial charge in [-0.05, 0) is 25.0 Å². The molecular formula is C13H14ClNO3. The van der Waals surface area contributed by atoms with Crippen molar-refractivity contribution in [1.82, 2.24) is 4.90 Å². The Morgan fingerprint density at radius 1 is 1.56 bits per heavy atom. The highest BCUT2D eigenvalue weighted by Gasteiger charge is 2.29. The zero-order valence-electron chi connectivity index (χ0n) is 10.1. The van der Waals surface area contributed by atoms with Crippen LogP contribution in [0, 0.1) is 0 Å². The van der Waals surface area contributed by atoms with Gasteiger partial charge in [-0.1, -0.05) is 17.7 Å². The van der Waals surface area contributed by atoms with Crippen LogP contribution < -0.4 is 4.74 Å². The minimum absolute atomic E-state index is 0.0996. The van der Waals surface area contributed by atoms with Gasteiger partial charge in [0.15, 0.2) is 12.9 Å². The van der Waals surface area contributed by atoms with Crippen LogP contribution in [-0.4, -0.2) is 36.8 Å². The van der Waals surface area contributed by atoms with Crippen molar-refractivity contribution in [3.05, 3.63) is 28.8 Å². The van der Waals surface area contributed by atoms with Crippen LogP contribution >= 0.6 is 11.6 Å². The average Bonchev–Trinajstić information content (AvgIpc) is 3.20. The molecule has 96 valence electrons. The van der Waals surface area contributed by atoms with Gasteiger partial charge in [-0.2, -0.15) is 0 Å². The summed E-state index contributed by atoms with van der Waals surface area (Å²) in [6.07, 6.45) is 2.76. The molecule has 18 heavy (non-hydrogen) atoms. The molecule has 1 saturated carbocycles. The molecule has 0 radical (unpaired) electrons. The second-order valence-corrected chi connectivity index (χ2v) is 4.71. The molecule has 0 spiro atoms. The maximum atomic E-state index is 11.8. The largest absolute Gasteiger partial charge is 0.481 e. The number of carbonyl (C=O) groups is 2. The first kappa shape index (κ1) is 12.9. The third-order valence-electron chi connectivity index (χ3n) is 2.95. The summed E-state index contributed by atoms with van der Waals surface area (Å²) in [6.45, 7) is -0.0996. The highest BCUT2D eigenvalue weighted by molar-refractivity contribution is 6.32. The number of hydrogen-bond acceptors (Lipinski definition) is 3. The van der Waals surface area contributed by atoms with Crippen LogP contribution in [0.5, 0.6) is 5.75 Å². The molecular weight excluding hydrogens is 254 g/mol. The highest BCUT2D eigenvalue weighted by atomic mass is 35.5. The summed E-state index contributed by atoms with van der Waals surface area (Å²) >= 11 is 5.94. The van der Waals surface area contributed by atoms with Crippen LogP contribution in [0.15, 0.2) is 18.2 Å². The lowest BCUT2D eigenvalue weighted by molar-refractivity contribution is -0.132. The average molecular weight is 268 g/mol. The molecule has 1 aliphatic rings. The standard InChI is InChI=1S/C13H14ClNO3/c1-15(10-5-6-10)12(17)8-18-13-9(7-16)3-2-4-11(13)14/h2-4,7,10H,5-6,8H2,1H3. The van der Waals surface area contributed by atoms with E-state index in [1.807, 2.05) is 0 Å². The van der Waals surface area contributed by atoms with E-state index < -0.39 is 0 Å². The third kappa shape index (κ3) is 2.82. The molecule has 0 N–H and O–H groups in total. The van der Waals surface area contributed by atoms with E-state index in [0.29, 0.717) is 22.9 Å². The molecule has 0 unspecified atom stereocenters. The smallest absolute Gasteiger partial charge is 0.260 e. The predicted octanol–water partition coefficient (Wildman–Crippen LogP) is 2.15. The number of nitrogens with zero attached hydrogens (tertiary/aromatic N) is 1. The lowest BCUT2D eigenvalue weighted by Crippen LogP contribution is -2.33. The highest BCUT2D eigenvalue weighted by Crippen LogP contribution is 2.28. The van der Waals surface area contributed by atoms with Gasteiger partial charge in [0.1, 0.15) is 5.75 Å². The second-order valence-electron chi connectivity index (χ2n) is 4.30. The van der Waals surface area contributed by atoms with Gasteiger partial charge in [0.05, 0.1) is 10.6 Å². The Bertz CT molecular complexity index is 471. The van der Waals surface area contributed by atoms with E-state index in [1.165, 1.54) is 0 Å². The number of hydrogen-bond donors (Lipinski definition) is 0. The maximum absolute atomic E-state index is 11.8. The van der Waals surface area contributed by atoms with Gasteiger partial charge < -0.3 is 9.64 Å². The Balaban J connectivity index is 2.01. The van der Waals surface area contributed by atoms with Crippen LogP contribution in [-0.2, 0) is 4.79 Å². The van der Waals surface area contributed by atoms with Crippen LogP contribution in [0.4, 0.5) is 0 Å². The SMILES string of the molecule is CN(C(=O)COc1c(Cl)cccc1C=O)C1CC1. The molecule has 2 rings (SSSR count). The molecule has 4 nitrogen and oxygen atoms in total. The zero-order valence-corrected chi connectivity index (χ0v) is 10.8. The van der Waals surface area contributed by atoms with Gasteiger partial charge in [0, 0.05) is 13.1 Å². The van der Waals surface area contributed by atoms with E-state index in [4.69, 9.17) is 16.3 Å². The van der Waals surface area contributed by atoms with Crippen LogP contribution in [0.3, 0.4) is 0 Å². The first-order valence-corrected chi connectivity index (χ1v) is 6.13. The van der Waals surface area contributed by atoms with Crippen molar-refractivity contribution < 1.29 is 14.3 Å². The van der Waals surface area contributed by atoms with E-state index in [-0.39, 0.29) is 18.3 Å². The fraction of sp³-hybridized carbons (Fsp3) is 0.385. The van der Waals surface area contributed by atoms with E-state index in [9.17, 15) is 9.59 Å². The summed E-state index contributed by atoms with van der Waals surface area (Å²) in [5.74, 6) is 0.168. The van der Waals surface area contributed by atoms with Gasteiger partial charge in [-0.3, -0.25) is 9.59 Å². The van der Waals surface area contributed by atoms with E-state index in [0.717, 1.165) is 12.8 Å². The molecule has 0 aromatic heterocycles. The number of para-hydroxylation sites is 1. The maximum Gasteiger partial charge on any atom is 0.260 e. The topological polar surface area (TPSA) is 46.6 Å². The van der Waals surface area contributed by atoms with Crippen LogP contribution in [0.25, 0.3) is 0 Å². The van der Waals surface area contributed by atoms with Gasteiger partial charge in [0.25, 0.3) is 5.91 Å². The number of benzene rings is 1. The second kappa shape index (κ2) is 5.40. The molecule has 1 fully saturated rings. The molecule has 0 atom stereocenters. The molecule has 1 aromatic carbocycles. The van der Waals surface area contributed by atoms with Crippen LogP contribution in [0.1, 0.15) is 23.2 Å². The number of ether oxygens (including phenoxy) is 1. The third-order valence-corrected chi connectivity index (χ3v) is 3.25. The number of rotatable bonds is 5. The van der Waals surface area contributed by atoms with Crippen molar-refractivity contribution in [3.63, 3.8) is 0 Å². The summed E-state index contributed by atoms with van der Waals surface area (Å²) in [5.41, 5.74) is 0.351. The summed E-state index contributed by atoms with van der Waals surface area (Å²) < 4.78 is 5.37. The molecule has 0 aliphatic heterocycles. The minimum Gasteiger partial charge on any atom is -0.481 e. The number of halogens is 1. The molecule has 0 heterocycles. The first-order chi connectivity index (χ1) is 8.63. The quantitative estimate of drug-likeness (QED) is 0.768. The molecule has 1 aliphatic carbocycles. The summed E-state index contributed by atoms with van der Waals surface area (Å²) in [5, 5.41) is 0.335. The molecule has 0 saturated heterocycles. The van der Waals surface area contributed by atoms with Crippen molar-refractivity contribution in [2.75, 3.05) is 13.7 Å². The van der Waals surface area contributed by atoms with E-state index in [1.54, 1.807) is 30.1 Å². The summed E-state index contributed by atoms with van der Waals surface area (Å²) in [4.78, 5) is 24.3. The lowest BCUT2D eigenvalue weighted by Gasteiger charge is -2.17. The number of aldehydes is 1.